The molecule has 0 radical (unpaired) electrons. The van der Waals surface area contributed by atoms with Crippen LogP contribution in [0, 0.1) is 5.41 Å². The summed E-state index contributed by atoms with van der Waals surface area (Å²) in [7, 11) is 1.28. The first-order valence-electron chi connectivity index (χ1n) is 8.98. The topological polar surface area (TPSA) is 122 Å². The second-order valence-electron chi connectivity index (χ2n) is 7.82. The Hall–Kier alpha value is -2.58. The molecule has 1 fully saturated rings. The van der Waals surface area contributed by atoms with Crippen LogP contribution < -0.4 is 10.6 Å². The molecule has 1 atom stereocenters. The molecule has 1 aliphatic carbocycles. The van der Waals surface area contributed by atoms with Crippen LogP contribution in [0.5, 0.6) is 0 Å². The molecule has 0 spiro atoms. The smallest absolute Gasteiger partial charge is 0.407 e. The maximum Gasteiger partial charge on any atom is 0.407 e. The molecule has 0 bridgehead atoms. The number of methoxy groups -OCH3 is 1. The summed E-state index contributed by atoms with van der Waals surface area (Å²) >= 11 is 0. The van der Waals surface area contributed by atoms with Gasteiger partial charge in [-0.2, -0.15) is 0 Å². The third-order valence-corrected chi connectivity index (χ3v) is 4.53. The zero-order valence-electron chi connectivity index (χ0n) is 16.3. The lowest BCUT2D eigenvalue weighted by atomic mass is 9.68. The average molecular weight is 380 g/mol. The van der Waals surface area contributed by atoms with Gasteiger partial charge < -0.3 is 25.1 Å². The highest BCUT2D eigenvalue weighted by molar-refractivity contribution is 5.89. The van der Waals surface area contributed by atoms with Crippen molar-refractivity contribution in [2.45, 2.75) is 58.1 Å². The lowest BCUT2D eigenvalue weighted by molar-refractivity contribution is -0.148. The third kappa shape index (κ3) is 5.70. The van der Waals surface area contributed by atoms with E-state index >= 15 is 0 Å². The van der Waals surface area contributed by atoms with E-state index in [0.29, 0.717) is 18.5 Å². The second-order valence-corrected chi connectivity index (χ2v) is 7.82. The van der Waals surface area contributed by atoms with Crippen molar-refractivity contribution in [3.8, 4) is 0 Å². The van der Waals surface area contributed by atoms with E-state index in [2.05, 4.69) is 20.6 Å². The molecule has 1 saturated carbocycles. The van der Waals surface area contributed by atoms with Crippen molar-refractivity contribution in [3.05, 3.63) is 18.2 Å². The maximum atomic E-state index is 12.9. The predicted octanol–water partition coefficient (Wildman–Crippen LogP) is 1.30. The molecule has 1 aliphatic rings. The lowest BCUT2D eigenvalue weighted by Gasteiger charge is -2.41. The van der Waals surface area contributed by atoms with Crippen LogP contribution in [0.1, 0.15) is 45.7 Å². The largest absolute Gasteiger partial charge is 0.467 e. The Morgan fingerprint density at radius 2 is 2.04 bits per heavy atom. The number of nitrogens with zero attached hydrogens (tertiary/aromatic N) is 1. The number of esters is 1. The van der Waals surface area contributed by atoms with Crippen LogP contribution in [0.15, 0.2) is 12.5 Å². The Morgan fingerprint density at radius 3 is 2.52 bits per heavy atom. The van der Waals surface area contributed by atoms with Crippen molar-refractivity contribution in [1.82, 2.24) is 20.6 Å². The molecule has 1 aromatic heterocycles. The number of hydrogen-bond donors (Lipinski definition) is 3. The number of aromatic nitrogens is 2. The van der Waals surface area contributed by atoms with Crippen LogP contribution in [-0.2, 0) is 25.5 Å². The van der Waals surface area contributed by atoms with E-state index in [1.54, 1.807) is 27.0 Å². The van der Waals surface area contributed by atoms with Gasteiger partial charge >= 0.3 is 12.1 Å². The minimum absolute atomic E-state index is 0.158. The summed E-state index contributed by atoms with van der Waals surface area (Å²) in [5, 5.41) is 5.44. The third-order valence-electron chi connectivity index (χ3n) is 4.53. The first kappa shape index (κ1) is 20.7. The van der Waals surface area contributed by atoms with Crippen LogP contribution in [0.3, 0.4) is 0 Å². The summed E-state index contributed by atoms with van der Waals surface area (Å²) < 4.78 is 10.0. The summed E-state index contributed by atoms with van der Waals surface area (Å²) in [6, 6.07) is -0.832. The fourth-order valence-corrected chi connectivity index (χ4v) is 2.91. The number of nitrogens with one attached hydrogen (secondary N) is 3. The standard InChI is InChI=1S/C18H28N4O5/c1-17(2,3)27-16(25)20-10-18(6-5-7-18)15(24)22-13(14(23)26-4)8-12-9-19-11-21-12/h9,11,13H,5-8,10H2,1-4H3,(H,19,21)(H,20,25)(H,22,24). The average Bonchev–Trinajstić information content (AvgIpc) is 3.03. The molecule has 2 amide bonds. The summed E-state index contributed by atoms with van der Waals surface area (Å²) in [5.41, 5.74) is -0.642. The molecular formula is C18H28N4O5. The predicted molar refractivity (Wildman–Crippen MR) is 96.8 cm³/mol. The number of carbonyl (C=O) groups is 3. The van der Waals surface area contributed by atoms with E-state index in [-0.39, 0.29) is 18.9 Å². The lowest BCUT2D eigenvalue weighted by Crippen LogP contribution is -2.56. The van der Waals surface area contributed by atoms with Crippen molar-refractivity contribution < 1.29 is 23.9 Å². The van der Waals surface area contributed by atoms with E-state index in [1.165, 1.54) is 13.4 Å². The van der Waals surface area contributed by atoms with Gasteiger partial charge in [0.25, 0.3) is 0 Å². The molecule has 0 aliphatic heterocycles. The molecule has 3 N–H and O–H groups in total. The van der Waals surface area contributed by atoms with Crippen LogP contribution in [0.25, 0.3) is 0 Å². The molecule has 27 heavy (non-hydrogen) atoms. The van der Waals surface area contributed by atoms with Crippen molar-refractivity contribution >= 4 is 18.0 Å². The quantitative estimate of drug-likeness (QED) is 0.613. The Bertz CT molecular complexity index is 662. The van der Waals surface area contributed by atoms with Crippen molar-refractivity contribution in [2.24, 2.45) is 5.41 Å². The van der Waals surface area contributed by atoms with E-state index in [9.17, 15) is 14.4 Å². The van der Waals surface area contributed by atoms with E-state index in [1.807, 2.05) is 0 Å². The van der Waals surface area contributed by atoms with Gasteiger partial charge in [0.2, 0.25) is 5.91 Å². The molecule has 2 rings (SSSR count). The SMILES string of the molecule is COC(=O)C(Cc1cnc[nH]1)NC(=O)C1(CNC(=O)OC(C)(C)C)CCC1. The van der Waals surface area contributed by atoms with Gasteiger partial charge in [-0.05, 0) is 33.6 Å². The van der Waals surface area contributed by atoms with E-state index < -0.39 is 29.1 Å². The Labute approximate surface area is 158 Å². The van der Waals surface area contributed by atoms with E-state index in [4.69, 9.17) is 9.47 Å². The normalized spacial score (nSPS) is 16.6. The molecule has 9 nitrogen and oxygen atoms in total. The van der Waals surface area contributed by atoms with Gasteiger partial charge in [0.15, 0.2) is 0 Å². The van der Waals surface area contributed by atoms with Gasteiger partial charge in [0.05, 0.1) is 18.9 Å². The first-order chi connectivity index (χ1) is 12.6. The number of ether oxygens (including phenoxy) is 2. The fraction of sp³-hybridized carbons (Fsp3) is 0.667. The summed E-state index contributed by atoms with van der Waals surface area (Å²) in [4.78, 5) is 43.7. The highest BCUT2D eigenvalue weighted by atomic mass is 16.6. The van der Waals surface area contributed by atoms with Gasteiger partial charge in [-0.3, -0.25) is 4.79 Å². The minimum Gasteiger partial charge on any atom is -0.467 e. The molecule has 1 heterocycles. The minimum atomic E-state index is -0.832. The van der Waals surface area contributed by atoms with Crippen LogP contribution in [0.4, 0.5) is 4.79 Å². The molecule has 150 valence electrons. The molecule has 0 saturated heterocycles. The summed E-state index contributed by atoms with van der Waals surface area (Å²) in [5.74, 6) is -0.813. The highest BCUT2D eigenvalue weighted by Crippen LogP contribution is 2.40. The first-order valence-corrected chi connectivity index (χ1v) is 8.98. The molecule has 1 unspecified atom stereocenters. The zero-order chi connectivity index (χ0) is 20.1. The van der Waals surface area contributed by atoms with Gasteiger partial charge in [0.1, 0.15) is 11.6 Å². The number of hydrogen-bond acceptors (Lipinski definition) is 6. The Balaban J connectivity index is 1.99. The van der Waals surface area contributed by atoms with E-state index in [0.717, 1.165) is 6.42 Å². The van der Waals surface area contributed by atoms with Crippen LogP contribution in [0.2, 0.25) is 0 Å². The molecular weight excluding hydrogens is 352 g/mol. The molecule has 1 aromatic rings. The maximum absolute atomic E-state index is 12.9. The van der Waals surface area contributed by atoms with Crippen molar-refractivity contribution in [2.75, 3.05) is 13.7 Å². The zero-order valence-corrected chi connectivity index (χ0v) is 16.3. The summed E-state index contributed by atoms with van der Waals surface area (Å²) in [6.45, 7) is 5.48. The Morgan fingerprint density at radius 1 is 1.33 bits per heavy atom. The van der Waals surface area contributed by atoms with Crippen LogP contribution >= 0.6 is 0 Å². The number of H-pyrrole nitrogens is 1. The van der Waals surface area contributed by atoms with Gasteiger partial charge in [-0.25, -0.2) is 14.6 Å². The van der Waals surface area contributed by atoms with Crippen molar-refractivity contribution in [1.29, 1.82) is 0 Å². The van der Waals surface area contributed by atoms with Gasteiger partial charge in [0, 0.05) is 24.9 Å². The number of alkyl carbamates (subject to hydrolysis) is 1. The number of rotatable bonds is 7. The van der Waals surface area contributed by atoms with Crippen molar-refractivity contribution in [3.63, 3.8) is 0 Å². The monoisotopic (exact) mass is 380 g/mol. The number of amides is 2. The Kier molecular flexibility index (Phi) is 6.45. The molecule has 0 aromatic carbocycles. The van der Waals surface area contributed by atoms with Gasteiger partial charge in [-0.1, -0.05) is 6.42 Å². The number of carbonyl (C=O) groups excluding carboxylic acids is 3. The highest BCUT2D eigenvalue weighted by Gasteiger charge is 2.45. The van der Waals surface area contributed by atoms with Crippen LogP contribution in [-0.4, -0.2) is 53.2 Å². The number of aromatic amines is 1. The summed E-state index contributed by atoms with van der Waals surface area (Å²) in [6.07, 6.45) is 4.91. The molecule has 9 heteroatoms. The second kappa shape index (κ2) is 8.41. The fourth-order valence-electron chi connectivity index (χ4n) is 2.91. The van der Waals surface area contributed by atoms with Gasteiger partial charge in [-0.15, -0.1) is 0 Å². The number of imidazole rings is 1.